The van der Waals surface area contributed by atoms with E-state index >= 15 is 0 Å². The largest absolute Gasteiger partial charge is 0.316 e. The lowest BCUT2D eigenvalue weighted by Gasteiger charge is -2.27. The zero-order chi connectivity index (χ0) is 12.0. The highest BCUT2D eigenvalue weighted by Gasteiger charge is 2.31. The Balaban J connectivity index is 2.33. The van der Waals surface area contributed by atoms with Crippen LogP contribution in [0.4, 0.5) is 0 Å². The van der Waals surface area contributed by atoms with E-state index in [1.807, 2.05) is 0 Å². The molecule has 0 aromatic carbocycles. The van der Waals surface area contributed by atoms with Crippen molar-refractivity contribution in [3.63, 3.8) is 0 Å². The van der Waals surface area contributed by atoms with Crippen LogP contribution in [0.2, 0.25) is 0 Å². The summed E-state index contributed by atoms with van der Waals surface area (Å²) in [6, 6.07) is 0. The number of rotatable bonds is 7. The fourth-order valence-electron chi connectivity index (χ4n) is 3.39. The topological polar surface area (TPSA) is 12.0 Å². The monoisotopic (exact) mass is 225 g/mol. The predicted molar refractivity (Wildman–Crippen MR) is 72.6 cm³/mol. The Kier molecular flexibility index (Phi) is 6.41. The van der Waals surface area contributed by atoms with Crippen molar-refractivity contribution in [1.82, 2.24) is 5.32 Å². The summed E-state index contributed by atoms with van der Waals surface area (Å²) in [6.07, 6.45) is 7.17. The molecule has 0 amide bonds. The zero-order valence-corrected chi connectivity index (χ0v) is 11.8. The lowest BCUT2D eigenvalue weighted by molar-refractivity contribution is 0.239. The van der Waals surface area contributed by atoms with Crippen LogP contribution in [-0.2, 0) is 0 Å². The Bertz CT molecular complexity index is 172. The first-order valence-electron chi connectivity index (χ1n) is 7.39. The molecule has 0 aromatic rings. The molecule has 0 radical (unpaired) electrons. The molecule has 1 heteroatoms. The molecule has 1 nitrogen and oxygen atoms in total. The van der Waals surface area contributed by atoms with Crippen LogP contribution in [0.3, 0.4) is 0 Å². The molecule has 0 saturated heterocycles. The molecule has 1 rings (SSSR count). The minimum absolute atomic E-state index is 0.785. The predicted octanol–water partition coefficient (Wildman–Crippen LogP) is 4.08. The standard InChI is InChI=1S/C15H31N/c1-5-13(6-2)15-9-7-8-14(15)11-16-10-12(3)4/h12-16H,5-11H2,1-4H3. The second kappa shape index (κ2) is 7.32. The molecule has 1 N–H and O–H groups in total. The van der Waals surface area contributed by atoms with Gasteiger partial charge in [0, 0.05) is 0 Å². The highest BCUT2D eigenvalue weighted by molar-refractivity contribution is 4.83. The van der Waals surface area contributed by atoms with Gasteiger partial charge in [0.25, 0.3) is 0 Å². The summed E-state index contributed by atoms with van der Waals surface area (Å²) < 4.78 is 0. The molecule has 1 aliphatic carbocycles. The van der Waals surface area contributed by atoms with E-state index in [-0.39, 0.29) is 0 Å². The van der Waals surface area contributed by atoms with Crippen molar-refractivity contribution in [2.75, 3.05) is 13.1 Å². The van der Waals surface area contributed by atoms with Gasteiger partial charge >= 0.3 is 0 Å². The van der Waals surface area contributed by atoms with Crippen LogP contribution in [0.5, 0.6) is 0 Å². The second-order valence-electron chi connectivity index (χ2n) is 5.98. The summed E-state index contributed by atoms with van der Waals surface area (Å²) >= 11 is 0. The van der Waals surface area contributed by atoms with E-state index in [9.17, 15) is 0 Å². The molecule has 2 unspecified atom stereocenters. The highest BCUT2D eigenvalue weighted by Crippen LogP contribution is 2.39. The second-order valence-corrected chi connectivity index (χ2v) is 5.98. The van der Waals surface area contributed by atoms with Gasteiger partial charge in [0.05, 0.1) is 0 Å². The molecule has 96 valence electrons. The number of hydrogen-bond donors (Lipinski definition) is 1. The first-order chi connectivity index (χ1) is 7.69. The Morgan fingerprint density at radius 3 is 2.38 bits per heavy atom. The van der Waals surface area contributed by atoms with Gasteiger partial charge in [0.15, 0.2) is 0 Å². The van der Waals surface area contributed by atoms with Crippen molar-refractivity contribution in [1.29, 1.82) is 0 Å². The maximum atomic E-state index is 3.66. The summed E-state index contributed by atoms with van der Waals surface area (Å²) in [5.74, 6) is 3.74. The van der Waals surface area contributed by atoms with Crippen molar-refractivity contribution < 1.29 is 0 Å². The summed E-state index contributed by atoms with van der Waals surface area (Å²) in [5, 5.41) is 3.66. The molecule has 1 aliphatic rings. The Hall–Kier alpha value is -0.0400. The smallest absolute Gasteiger partial charge is 0.00177 e. The van der Waals surface area contributed by atoms with Crippen LogP contribution in [0.1, 0.15) is 59.8 Å². The van der Waals surface area contributed by atoms with Gasteiger partial charge in [-0.15, -0.1) is 0 Å². The van der Waals surface area contributed by atoms with Crippen LogP contribution in [0, 0.1) is 23.7 Å². The van der Waals surface area contributed by atoms with Crippen molar-refractivity contribution >= 4 is 0 Å². The van der Waals surface area contributed by atoms with E-state index in [0.29, 0.717) is 0 Å². The molecule has 0 aromatic heterocycles. The van der Waals surface area contributed by atoms with Gasteiger partial charge in [-0.2, -0.15) is 0 Å². The molecule has 0 heterocycles. The maximum absolute atomic E-state index is 3.66. The van der Waals surface area contributed by atoms with Crippen LogP contribution in [0.15, 0.2) is 0 Å². The van der Waals surface area contributed by atoms with E-state index in [0.717, 1.165) is 23.7 Å². The van der Waals surface area contributed by atoms with E-state index in [1.165, 1.54) is 45.2 Å². The highest BCUT2D eigenvalue weighted by atomic mass is 14.9. The summed E-state index contributed by atoms with van der Waals surface area (Å²) in [5.41, 5.74) is 0. The van der Waals surface area contributed by atoms with Crippen LogP contribution < -0.4 is 5.32 Å². The zero-order valence-electron chi connectivity index (χ0n) is 11.8. The van der Waals surface area contributed by atoms with Crippen molar-refractivity contribution in [3.8, 4) is 0 Å². The van der Waals surface area contributed by atoms with Crippen molar-refractivity contribution in [3.05, 3.63) is 0 Å². The van der Waals surface area contributed by atoms with Crippen molar-refractivity contribution in [2.24, 2.45) is 23.7 Å². The molecule has 2 atom stereocenters. The molecule has 1 fully saturated rings. The Morgan fingerprint density at radius 2 is 1.81 bits per heavy atom. The molecule has 1 saturated carbocycles. The third-order valence-electron chi connectivity index (χ3n) is 4.33. The summed E-state index contributed by atoms with van der Waals surface area (Å²) in [7, 11) is 0. The normalized spacial score (nSPS) is 25.9. The minimum atomic E-state index is 0.785. The molecule has 0 bridgehead atoms. The first kappa shape index (κ1) is 14.0. The number of hydrogen-bond acceptors (Lipinski definition) is 1. The van der Waals surface area contributed by atoms with Gasteiger partial charge in [-0.1, -0.05) is 47.0 Å². The summed E-state index contributed by atoms with van der Waals surface area (Å²) in [6.45, 7) is 11.8. The average molecular weight is 225 g/mol. The third kappa shape index (κ3) is 4.08. The molecule has 0 spiro atoms. The van der Waals surface area contributed by atoms with E-state index in [1.54, 1.807) is 0 Å². The van der Waals surface area contributed by atoms with E-state index in [2.05, 4.69) is 33.0 Å². The minimum Gasteiger partial charge on any atom is -0.316 e. The molecular weight excluding hydrogens is 194 g/mol. The molecule has 0 aliphatic heterocycles. The Labute approximate surface area is 102 Å². The Morgan fingerprint density at radius 1 is 1.12 bits per heavy atom. The SMILES string of the molecule is CCC(CC)C1CCCC1CNCC(C)C. The van der Waals surface area contributed by atoms with Crippen LogP contribution >= 0.6 is 0 Å². The first-order valence-corrected chi connectivity index (χ1v) is 7.39. The average Bonchev–Trinajstić information content (AvgIpc) is 2.68. The lowest BCUT2D eigenvalue weighted by Crippen LogP contribution is -2.30. The van der Waals surface area contributed by atoms with Gasteiger partial charge in [-0.25, -0.2) is 0 Å². The van der Waals surface area contributed by atoms with Gasteiger partial charge in [-0.3, -0.25) is 0 Å². The number of nitrogens with one attached hydrogen (secondary N) is 1. The fraction of sp³-hybridized carbons (Fsp3) is 1.00. The van der Waals surface area contributed by atoms with Crippen LogP contribution in [-0.4, -0.2) is 13.1 Å². The van der Waals surface area contributed by atoms with Gasteiger partial charge in [-0.05, 0) is 49.6 Å². The van der Waals surface area contributed by atoms with Gasteiger partial charge < -0.3 is 5.32 Å². The molecular formula is C15H31N. The van der Waals surface area contributed by atoms with Gasteiger partial charge in [0.1, 0.15) is 0 Å². The van der Waals surface area contributed by atoms with Crippen molar-refractivity contribution in [2.45, 2.75) is 59.8 Å². The fourth-order valence-corrected chi connectivity index (χ4v) is 3.39. The lowest BCUT2D eigenvalue weighted by atomic mass is 9.81. The quantitative estimate of drug-likeness (QED) is 0.688. The molecule has 16 heavy (non-hydrogen) atoms. The van der Waals surface area contributed by atoms with Crippen LogP contribution in [0.25, 0.3) is 0 Å². The maximum Gasteiger partial charge on any atom is -0.00177 e. The van der Waals surface area contributed by atoms with E-state index < -0.39 is 0 Å². The summed E-state index contributed by atoms with van der Waals surface area (Å²) in [4.78, 5) is 0. The van der Waals surface area contributed by atoms with E-state index in [4.69, 9.17) is 0 Å². The van der Waals surface area contributed by atoms with Gasteiger partial charge in [0.2, 0.25) is 0 Å². The third-order valence-corrected chi connectivity index (χ3v) is 4.33.